The zero-order valence-electron chi connectivity index (χ0n) is 16.9. The molecule has 0 aliphatic carbocycles. The number of rotatable bonds is 7. The highest BCUT2D eigenvalue weighted by Crippen LogP contribution is 2.30. The van der Waals surface area contributed by atoms with Crippen LogP contribution in [0.25, 0.3) is 11.3 Å². The molecule has 0 unspecified atom stereocenters. The summed E-state index contributed by atoms with van der Waals surface area (Å²) in [4.78, 5) is 14.2. The van der Waals surface area contributed by atoms with Gasteiger partial charge in [0.15, 0.2) is 0 Å². The van der Waals surface area contributed by atoms with Gasteiger partial charge in [0.25, 0.3) is 15.9 Å². The molecule has 3 aromatic heterocycles. The van der Waals surface area contributed by atoms with Crippen molar-refractivity contribution in [3.8, 4) is 17.1 Å². The van der Waals surface area contributed by atoms with E-state index < -0.39 is 10.0 Å². The minimum absolute atomic E-state index is 0.0288. The summed E-state index contributed by atoms with van der Waals surface area (Å²) >= 11 is 1.60. The molecule has 0 spiro atoms. The molecule has 0 radical (unpaired) electrons. The smallest absolute Gasteiger partial charge is 0.263 e. The van der Waals surface area contributed by atoms with Crippen molar-refractivity contribution in [3.63, 3.8) is 0 Å². The van der Waals surface area contributed by atoms with E-state index >= 15 is 0 Å². The fourth-order valence-electron chi connectivity index (χ4n) is 2.86. The maximum Gasteiger partial charge on any atom is 0.263 e. The number of anilines is 1. The van der Waals surface area contributed by atoms with Crippen LogP contribution in [-0.4, -0.2) is 23.4 Å². The molecule has 0 fully saturated rings. The van der Waals surface area contributed by atoms with Crippen molar-refractivity contribution < 1.29 is 13.2 Å². The topological polar surface area (TPSA) is 94.1 Å². The Hall–Kier alpha value is -3.30. The van der Waals surface area contributed by atoms with Crippen molar-refractivity contribution in [2.45, 2.75) is 25.3 Å². The number of benzene rings is 1. The number of nitrogens with one attached hydrogen (secondary N) is 1. The van der Waals surface area contributed by atoms with E-state index in [-0.39, 0.29) is 23.2 Å². The first-order chi connectivity index (χ1) is 14.9. The number of hydrogen-bond acceptors (Lipinski definition) is 7. The van der Waals surface area contributed by atoms with E-state index in [0.29, 0.717) is 5.69 Å². The van der Waals surface area contributed by atoms with Gasteiger partial charge in [-0.2, -0.15) is 0 Å². The Bertz CT molecular complexity index is 1290. The highest BCUT2D eigenvalue weighted by molar-refractivity contribution is 7.92. The van der Waals surface area contributed by atoms with E-state index in [4.69, 9.17) is 4.74 Å². The van der Waals surface area contributed by atoms with Crippen LogP contribution in [0.5, 0.6) is 5.88 Å². The van der Waals surface area contributed by atoms with Gasteiger partial charge in [0.05, 0.1) is 16.8 Å². The number of pyridine rings is 1. The molecular formula is C22H20N4O3S2. The molecule has 1 N–H and O–H groups in total. The zero-order chi connectivity index (χ0) is 21.8. The molecule has 4 rings (SSSR count). The van der Waals surface area contributed by atoms with Crippen LogP contribution >= 0.6 is 11.3 Å². The van der Waals surface area contributed by atoms with Gasteiger partial charge >= 0.3 is 0 Å². The van der Waals surface area contributed by atoms with Gasteiger partial charge in [0.2, 0.25) is 5.82 Å². The average Bonchev–Trinajstić information content (AvgIpc) is 3.20. The van der Waals surface area contributed by atoms with Crippen molar-refractivity contribution in [1.29, 1.82) is 0 Å². The number of nitrogens with zero attached hydrogens (tertiary/aromatic N) is 3. The summed E-state index contributed by atoms with van der Waals surface area (Å²) in [5.74, 6) is 0.128. The third-order valence-electron chi connectivity index (χ3n) is 4.54. The monoisotopic (exact) mass is 452 g/mol. The zero-order valence-corrected chi connectivity index (χ0v) is 18.6. The van der Waals surface area contributed by atoms with Gasteiger partial charge in [-0.1, -0.05) is 23.8 Å². The number of sulfonamides is 1. The minimum Gasteiger partial charge on any atom is -0.470 e. The fraction of sp³-hybridized carbons (Fsp3) is 0.136. The highest BCUT2D eigenvalue weighted by atomic mass is 32.2. The van der Waals surface area contributed by atoms with Gasteiger partial charge in [0.1, 0.15) is 6.61 Å². The number of ether oxygens (including phenoxy) is 1. The van der Waals surface area contributed by atoms with Crippen LogP contribution in [0.3, 0.4) is 0 Å². The molecule has 0 aliphatic heterocycles. The molecule has 1 aromatic carbocycles. The standard InChI is InChI=1S/C22H20N4O3S2/c1-15-5-7-18(8-6-15)31(27,28)26-21-22(29-14-17-4-3-10-23-12-17)25-20(13-24-21)19-9-11-30-16(19)2/h3-13H,14H2,1-2H3,(H,24,26). The second-order valence-electron chi connectivity index (χ2n) is 6.87. The highest BCUT2D eigenvalue weighted by Gasteiger charge is 2.20. The molecule has 0 saturated carbocycles. The molecule has 158 valence electrons. The molecule has 7 nitrogen and oxygen atoms in total. The van der Waals surface area contributed by atoms with Gasteiger partial charge in [-0.05, 0) is 43.5 Å². The Morgan fingerprint density at radius 3 is 2.55 bits per heavy atom. The SMILES string of the molecule is Cc1ccc(S(=O)(=O)Nc2ncc(-c3ccsc3C)nc2OCc2cccnc2)cc1. The lowest BCUT2D eigenvalue weighted by molar-refractivity contribution is 0.294. The maximum absolute atomic E-state index is 12.9. The Balaban J connectivity index is 1.68. The Labute approximate surface area is 184 Å². The molecular weight excluding hydrogens is 432 g/mol. The van der Waals surface area contributed by atoms with Crippen LogP contribution < -0.4 is 9.46 Å². The molecule has 9 heteroatoms. The predicted molar refractivity (Wildman–Crippen MR) is 121 cm³/mol. The summed E-state index contributed by atoms with van der Waals surface area (Å²) in [6.07, 6.45) is 4.89. The first kappa shape index (κ1) is 21.0. The Kier molecular flexibility index (Phi) is 5.97. The van der Waals surface area contributed by atoms with E-state index in [0.717, 1.165) is 21.6 Å². The second-order valence-corrected chi connectivity index (χ2v) is 9.67. The van der Waals surface area contributed by atoms with Crippen molar-refractivity contribution in [2.24, 2.45) is 0 Å². The van der Waals surface area contributed by atoms with E-state index in [1.807, 2.05) is 31.4 Å². The Morgan fingerprint density at radius 2 is 1.87 bits per heavy atom. The van der Waals surface area contributed by atoms with Crippen molar-refractivity contribution >= 4 is 27.2 Å². The first-order valence-corrected chi connectivity index (χ1v) is 11.8. The fourth-order valence-corrected chi connectivity index (χ4v) is 4.58. The lowest BCUT2D eigenvalue weighted by Gasteiger charge is -2.13. The second kappa shape index (κ2) is 8.83. The molecule has 4 aromatic rings. The maximum atomic E-state index is 12.9. The predicted octanol–water partition coefficient (Wildman–Crippen LogP) is 4.60. The molecule has 0 bridgehead atoms. The summed E-state index contributed by atoms with van der Waals surface area (Å²) in [5.41, 5.74) is 3.33. The summed E-state index contributed by atoms with van der Waals surface area (Å²) < 4.78 is 34.1. The summed E-state index contributed by atoms with van der Waals surface area (Å²) in [7, 11) is -3.85. The summed E-state index contributed by atoms with van der Waals surface area (Å²) in [6, 6.07) is 12.2. The largest absolute Gasteiger partial charge is 0.470 e. The number of aromatic nitrogens is 3. The lowest BCUT2D eigenvalue weighted by Crippen LogP contribution is -2.15. The first-order valence-electron chi connectivity index (χ1n) is 9.45. The third-order valence-corrected chi connectivity index (χ3v) is 6.74. The molecule has 0 aliphatic rings. The lowest BCUT2D eigenvalue weighted by atomic mass is 10.2. The van der Waals surface area contributed by atoms with E-state index in [1.54, 1.807) is 60.3 Å². The van der Waals surface area contributed by atoms with Crippen molar-refractivity contribution in [2.75, 3.05) is 4.72 Å². The normalized spacial score (nSPS) is 11.3. The molecule has 0 atom stereocenters. The van der Waals surface area contributed by atoms with Crippen LogP contribution in [-0.2, 0) is 16.6 Å². The number of thiophene rings is 1. The Morgan fingerprint density at radius 1 is 1.06 bits per heavy atom. The minimum atomic E-state index is -3.85. The van der Waals surface area contributed by atoms with Gasteiger partial charge in [0, 0.05) is 28.4 Å². The summed E-state index contributed by atoms with van der Waals surface area (Å²) in [5, 5.41) is 1.97. The van der Waals surface area contributed by atoms with E-state index in [9.17, 15) is 8.42 Å². The molecule has 3 heterocycles. The summed E-state index contributed by atoms with van der Waals surface area (Å²) in [6.45, 7) is 4.06. The van der Waals surface area contributed by atoms with Crippen LogP contribution in [0.15, 0.2) is 71.3 Å². The van der Waals surface area contributed by atoms with E-state index in [1.165, 1.54) is 0 Å². The van der Waals surface area contributed by atoms with Crippen LogP contribution in [0.2, 0.25) is 0 Å². The average molecular weight is 453 g/mol. The molecule has 0 saturated heterocycles. The quantitative estimate of drug-likeness (QED) is 0.441. The van der Waals surface area contributed by atoms with Gasteiger partial charge in [-0.3, -0.25) is 9.71 Å². The van der Waals surface area contributed by atoms with E-state index in [2.05, 4.69) is 19.7 Å². The number of hydrogen-bond donors (Lipinski definition) is 1. The van der Waals surface area contributed by atoms with Crippen molar-refractivity contribution in [1.82, 2.24) is 15.0 Å². The van der Waals surface area contributed by atoms with Crippen molar-refractivity contribution in [3.05, 3.63) is 82.4 Å². The molecule has 0 amide bonds. The van der Waals surface area contributed by atoms with Gasteiger partial charge in [-0.15, -0.1) is 11.3 Å². The van der Waals surface area contributed by atoms with Gasteiger partial charge in [-0.25, -0.2) is 18.4 Å². The van der Waals surface area contributed by atoms with Crippen LogP contribution in [0.4, 0.5) is 5.82 Å². The van der Waals surface area contributed by atoms with Gasteiger partial charge < -0.3 is 4.74 Å². The molecule has 31 heavy (non-hydrogen) atoms. The van der Waals surface area contributed by atoms with Crippen LogP contribution in [0, 0.1) is 13.8 Å². The van der Waals surface area contributed by atoms with Crippen LogP contribution in [0.1, 0.15) is 16.0 Å². The third kappa shape index (κ3) is 4.89. The number of aryl methyl sites for hydroxylation is 2.